The topological polar surface area (TPSA) is 17.8 Å². The lowest BCUT2D eigenvalue weighted by Crippen LogP contribution is -1.99. The van der Waals surface area contributed by atoms with Gasteiger partial charge in [0.1, 0.15) is 0 Å². The van der Waals surface area contributed by atoms with Crippen LogP contribution in [0.4, 0.5) is 0 Å². The van der Waals surface area contributed by atoms with E-state index in [4.69, 9.17) is 5.10 Å². The molecule has 2 nitrogen and oxygen atoms in total. The molecule has 26 heavy (non-hydrogen) atoms. The van der Waals surface area contributed by atoms with E-state index in [0.717, 1.165) is 22.6 Å². The third kappa shape index (κ3) is 2.95. The van der Waals surface area contributed by atoms with E-state index in [0.29, 0.717) is 0 Å². The first kappa shape index (κ1) is 16.3. The number of benzene rings is 3. The van der Waals surface area contributed by atoms with Crippen LogP contribution in [0.15, 0.2) is 78.9 Å². The monoisotopic (exact) mass is 338 g/mol. The van der Waals surface area contributed by atoms with Gasteiger partial charge in [0.05, 0.1) is 17.1 Å². The van der Waals surface area contributed by atoms with Gasteiger partial charge in [-0.1, -0.05) is 65.7 Å². The van der Waals surface area contributed by atoms with Gasteiger partial charge in [0.25, 0.3) is 0 Å². The standard InChI is InChI=1S/C24H22N2/c1-17-9-7-11-20(15-17)23-19(3)24(21-12-8-10-18(2)16-21)26(25-23)22-13-5-4-6-14-22/h4-16H,1-3H3. The summed E-state index contributed by atoms with van der Waals surface area (Å²) in [6.07, 6.45) is 0. The summed E-state index contributed by atoms with van der Waals surface area (Å²) in [7, 11) is 0. The molecule has 0 unspecified atom stereocenters. The lowest BCUT2D eigenvalue weighted by Gasteiger charge is -2.09. The van der Waals surface area contributed by atoms with Gasteiger partial charge >= 0.3 is 0 Å². The van der Waals surface area contributed by atoms with E-state index >= 15 is 0 Å². The van der Waals surface area contributed by atoms with Crippen LogP contribution in [0.5, 0.6) is 0 Å². The summed E-state index contributed by atoms with van der Waals surface area (Å²) < 4.78 is 2.07. The van der Waals surface area contributed by atoms with Gasteiger partial charge in [-0.3, -0.25) is 0 Å². The number of hydrogen-bond donors (Lipinski definition) is 0. The molecule has 2 heteroatoms. The Hall–Kier alpha value is -3.13. The van der Waals surface area contributed by atoms with Crippen molar-refractivity contribution < 1.29 is 0 Å². The summed E-state index contributed by atoms with van der Waals surface area (Å²) in [5.74, 6) is 0. The van der Waals surface area contributed by atoms with Gasteiger partial charge in [-0.25, -0.2) is 4.68 Å². The second kappa shape index (κ2) is 6.64. The van der Waals surface area contributed by atoms with Crippen molar-refractivity contribution >= 4 is 0 Å². The molecule has 4 aromatic rings. The van der Waals surface area contributed by atoms with Crippen LogP contribution in [0.25, 0.3) is 28.2 Å². The zero-order chi connectivity index (χ0) is 18.1. The fourth-order valence-electron chi connectivity index (χ4n) is 3.45. The molecule has 4 rings (SSSR count). The fraction of sp³-hybridized carbons (Fsp3) is 0.125. The molecule has 1 heterocycles. The van der Waals surface area contributed by atoms with E-state index < -0.39 is 0 Å². The van der Waals surface area contributed by atoms with Crippen LogP contribution in [0.3, 0.4) is 0 Å². The van der Waals surface area contributed by atoms with Crippen LogP contribution in [-0.4, -0.2) is 9.78 Å². The van der Waals surface area contributed by atoms with Crippen molar-refractivity contribution in [2.75, 3.05) is 0 Å². The molecule has 0 atom stereocenters. The third-order valence-electron chi connectivity index (χ3n) is 4.71. The van der Waals surface area contributed by atoms with Crippen LogP contribution in [0.1, 0.15) is 16.7 Å². The Morgan fingerprint density at radius 2 is 1.27 bits per heavy atom. The van der Waals surface area contributed by atoms with Crippen LogP contribution < -0.4 is 0 Å². The maximum atomic E-state index is 5.01. The fourth-order valence-corrected chi connectivity index (χ4v) is 3.45. The summed E-state index contributed by atoms with van der Waals surface area (Å²) >= 11 is 0. The van der Waals surface area contributed by atoms with E-state index in [1.807, 2.05) is 6.07 Å². The van der Waals surface area contributed by atoms with Crippen molar-refractivity contribution in [3.8, 4) is 28.2 Å². The number of hydrogen-bond acceptors (Lipinski definition) is 1. The minimum absolute atomic E-state index is 1.04. The molecule has 0 amide bonds. The molecule has 0 aliphatic rings. The van der Waals surface area contributed by atoms with E-state index in [9.17, 15) is 0 Å². The predicted molar refractivity (Wildman–Crippen MR) is 109 cm³/mol. The van der Waals surface area contributed by atoms with E-state index in [1.165, 1.54) is 22.3 Å². The number of rotatable bonds is 3. The minimum atomic E-state index is 1.04. The number of nitrogens with zero attached hydrogens (tertiary/aromatic N) is 2. The maximum absolute atomic E-state index is 5.01. The molecule has 0 spiro atoms. The zero-order valence-electron chi connectivity index (χ0n) is 15.4. The Balaban J connectivity index is 1.99. The Labute approximate surface area is 154 Å². The molecule has 1 aromatic heterocycles. The van der Waals surface area contributed by atoms with Gasteiger partial charge in [-0.05, 0) is 45.0 Å². The van der Waals surface area contributed by atoms with Crippen LogP contribution in [-0.2, 0) is 0 Å². The average molecular weight is 338 g/mol. The molecule has 3 aromatic carbocycles. The first-order valence-corrected chi connectivity index (χ1v) is 8.92. The summed E-state index contributed by atoms with van der Waals surface area (Å²) in [6, 6.07) is 27.5. The molecule has 0 aliphatic heterocycles. The van der Waals surface area contributed by atoms with Gasteiger partial charge < -0.3 is 0 Å². The molecular formula is C24H22N2. The first-order chi connectivity index (χ1) is 12.6. The molecular weight excluding hydrogens is 316 g/mol. The van der Waals surface area contributed by atoms with Crippen LogP contribution >= 0.6 is 0 Å². The molecule has 128 valence electrons. The Kier molecular flexibility index (Phi) is 4.18. The van der Waals surface area contributed by atoms with E-state index in [-0.39, 0.29) is 0 Å². The lowest BCUT2D eigenvalue weighted by molar-refractivity contribution is 0.891. The lowest BCUT2D eigenvalue weighted by atomic mass is 10.0. The molecule has 0 fully saturated rings. The molecule has 0 saturated carbocycles. The molecule has 0 bridgehead atoms. The van der Waals surface area contributed by atoms with Crippen molar-refractivity contribution in [3.05, 3.63) is 95.6 Å². The van der Waals surface area contributed by atoms with E-state index in [1.54, 1.807) is 0 Å². The largest absolute Gasteiger partial charge is 0.232 e. The van der Waals surface area contributed by atoms with Gasteiger partial charge in [-0.15, -0.1) is 0 Å². The second-order valence-corrected chi connectivity index (χ2v) is 6.81. The van der Waals surface area contributed by atoms with Gasteiger partial charge in [0.15, 0.2) is 0 Å². The van der Waals surface area contributed by atoms with Gasteiger partial charge in [0.2, 0.25) is 0 Å². The Morgan fingerprint density at radius 1 is 0.654 bits per heavy atom. The smallest absolute Gasteiger partial charge is 0.0963 e. The number of aryl methyl sites for hydroxylation is 2. The SMILES string of the molecule is Cc1cccc(-c2nn(-c3ccccc3)c(-c3cccc(C)c3)c2C)c1. The highest BCUT2D eigenvalue weighted by Crippen LogP contribution is 2.34. The van der Waals surface area contributed by atoms with Crippen molar-refractivity contribution in [1.82, 2.24) is 9.78 Å². The summed E-state index contributed by atoms with van der Waals surface area (Å²) in [5.41, 5.74) is 9.30. The van der Waals surface area contributed by atoms with Gasteiger partial charge in [0, 0.05) is 16.7 Å². The summed E-state index contributed by atoms with van der Waals surface area (Å²) in [5, 5.41) is 5.01. The summed E-state index contributed by atoms with van der Waals surface area (Å²) in [6.45, 7) is 6.42. The van der Waals surface area contributed by atoms with E-state index in [2.05, 4.69) is 98.2 Å². The van der Waals surface area contributed by atoms with Crippen LogP contribution in [0, 0.1) is 20.8 Å². The maximum Gasteiger partial charge on any atom is 0.0963 e. The Bertz CT molecular complexity index is 1060. The van der Waals surface area contributed by atoms with Gasteiger partial charge in [-0.2, -0.15) is 5.10 Å². The minimum Gasteiger partial charge on any atom is -0.232 e. The number of para-hydroxylation sites is 1. The van der Waals surface area contributed by atoms with Crippen molar-refractivity contribution in [3.63, 3.8) is 0 Å². The summed E-state index contributed by atoms with van der Waals surface area (Å²) in [4.78, 5) is 0. The average Bonchev–Trinajstić information content (AvgIpc) is 3.00. The molecule has 0 saturated heterocycles. The third-order valence-corrected chi connectivity index (χ3v) is 4.71. The molecule has 0 aliphatic carbocycles. The molecule has 0 radical (unpaired) electrons. The van der Waals surface area contributed by atoms with Crippen molar-refractivity contribution in [2.45, 2.75) is 20.8 Å². The quantitative estimate of drug-likeness (QED) is 0.439. The highest BCUT2D eigenvalue weighted by molar-refractivity contribution is 5.76. The molecule has 0 N–H and O–H groups in total. The zero-order valence-corrected chi connectivity index (χ0v) is 15.4. The predicted octanol–water partition coefficient (Wildman–Crippen LogP) is 6.13. The number of aromatic nitrogens is 2. The van der Waals surface area contributed by atoms with Crippen molar-refractivity contribution in [2.24, 2.45) is 0 Å². The normalized spacial score (nSPS) is 10.9. The first-order valence-electron chi connectivity index (χ1n) is 8.92. The Morgan fingerprint density at radius 3 is 1.92 bits per heavy atom. The highest BCUT2D eigenvalue weighted by Gasteiger charge is 2.18. The second-order valence-electron chi connectivity index (χ2n) is 6.81. The highest BCUT2D eigenvalue weighted by atomic mass is 15.3. The van der Waals surface area contributed by atoms with Crippen LogP contribution in [0.2, 0.25) is 0 Å². The van der Waals surface area contributed by atoms with Crippen molar-refractivity contribution in [1.29, 1.82) is 0 Å².